The average Bonchev–Trinajstić information content (AvgIpc) is 3.11. The van der Waals surface area contributed by atoms with Gasteiger partial charge in [-0.15, -0.1) is 0 Å². The first-order chi connectivity index (χ1) is 24.3. The van der Waals surface area contributed by atoms with E-state index in [9.17, 15) is 24.3 Å². The molecular weight excluding hydrogens is 648 g/mol. The maximum Gasteiger partial charge on any atom is 0.407 e. The maximum atomic E-state index is 14.0. The van der Waals surface area contributed by atoms with Crippen LogP contribution in [-0.2, 0) is 43.1 Å². The predicted octanol–water partition coefficient (Wildman–Crippen LogP) is 4.12. The Morgan fingerprint density at radius 2 is 1.20 bits per heavy atom. The molecule has 0 heterocycles. The fourth-order valence-corrected chi connectivity index (χ4v) is 5.53. The number of methoxy groups -OCH3 is 1. The Labute approximate surface area is 301 Å². The van der Waals surface area contributed by atoms with Gasteiger partial charge in [0.2, 0.25) is 11.8 Å². The van der Waals surface area contributed by atoms with E-state index in [1.54, 1.807) is 20.8 Å². The van der Waals surface area contributed by atoms with Crippen LogP contribution in [0.2, 0.25) is 0 Å². The molecule has 3 aromatic rings. The maximum absolute atomic E-state index is 14.0. The first-order valence-corrected chi connectivity index (χ1v) is 17.5. The van der Waals surface area contributed by atoms with E-state index in [2.05, 4.69) is 21.3 Å². The molecule has 3 amide bonds. The van der Waals surface area contributed by atoms with Crippen LogP contribution in [0.1, 0.15) is 57.7 Å². The van der Waals surface area contributed by atoms with Gasteiger partial charge in [0.05, 0.1) is 25.3 Å². The fraction of sp³-hybridized carbons (Fsp3) is 0.450. The molecule has 11 heteroatoms. The van der Waals surface area contributed by atoms with Crippen LogP contribution in [0.4, 0.5) is 4.79 Å². The first kappa shape index (κ1) is 40.7. The lowest BCUT2D eigenvalue weighted by molar-refractivity contribution is -0.145. The summed E-state index contributed by atoms with van der Waals surface area (Å²) in [4.78, 5) is 53.3. The van der Waals surface area contributed by atoms with Crippen LogP contribution in [0.15, 0.2) is 91.0 Å². The third-order valence-electron chi connectivity index (χ3n) is 8.52. The number of hydrogen-bond donors (Lipinski definition) is 5. The summed E-state index contributed by atoms with van der Waals surface area (Å²) in [5, 5.41) is 23.2. The smallest absolute Gasteiger partial charge is 0.407 e. The van der Waals surface area contributed by atoms with E-state index in [0.717, 1.165) is 16.7 Å². The molecule has 0 aliphatic heterocycles. The quantitative estimate of drug-likeness (QED) is 0.124. The number of aliphatic hydroxyl groups is 1. The number of rotatable bonds is 18. The molecule has 2 unspecified atom stereocenters. The van der Waals surface area contributed by atoms with Gasteiger partial charge in [0.15, 0.2) is 0 Å². The van der Waals surface area contributed by atoms with Gasteiger partial charge in [0.25, 0.3) is 0 Å². The molecule has 0 saturated carbocycles. The third kappa shape index (κ3) is 14.2. The van der Waals surface area contributed by atoms with Crippen molar-refractivity contribution in [2.45, 2.75) is 96.2 Å². The molecule has 0 aliphatic carbocycles. The number of nitrogens with one attached hydrogen (secondary N) is 4. The largest absolute Gasteiger partial charge is 0.467 e. The third-order valence-corrected chi connectivity index (χ3v) is 8.52. The molecule has 0 bridgehead atoms. The van der Waals surface area contributed by atoms with Crippen LogP contribution in [-0.4, -0.2) is 78.5 Å². The zero-order chi connectivity index (χ0) is 37.4. The molecule has 276 valence electrons. The van der Waals surface area contributed by atoms with Gasteiger partial charge in [0, 0.05) is 13.0 Å². The Kier molecular flexibility index (Phi) is 16.1. The van der Waals surface area contributed by atoms with Gasteiger partial charge in [0.1, 0.15) is 17.7 Å². The lowest BCUT2D eigenvalue weighted by Gasteiger charge is -2.30. The highest BCUT2D eigenvalue weighted by molar-refractivity contribution is 5.92. The first-order valence-electron chi connectivity index (χ1n) is 17.5. The van der Waals surface area contributed by atoms with Gasteiger partial charge < -0.3 is 35.8 Å². The SMILES string of the molecule is CC[C@@H](C)[C@H](NC(=O)[C@H](Cc1ccccc1)NCC(O)C(Cc1ccccc1)NC(=O)OC(C)(C)C)C(=O)N[C@@H](Cc1ccccc1)C(=O)OC. The van der Waals surface area contributed by atoms with Crippen molar-refractivity contribution in [3.63, 3.8) is 0 Å². The molecule has 0 aliphatic rings. The highest BCUT2D eigenvalue weighted by Gasteiger charge is 2.33. The Morgan fingerprint density at radius 1 is 0.706 bits per heavy atom. The van der Waals surface area contributed by atoms with Crippen molar-refractivity contribution in [1.82, 2.24) is 21.3 Å². The second-order valence-electron chi connectivity index (χ2n) is 13.8. The van der Waals surface area contributed by atoms with Crippen molar-refractivity contribution in [3.8, 4) is 0 Å². The highest BCUT2D eigenvalue weighted by atomic mass is 16.6. The van der Waals surface area contributed by atoms with Crippen molar-refractivity contribution in [1.29, 1.82) is 0 Å². The Hall–Kier alpha value is -4.74. The van der Waals surface area contributed by atoms with E-state index >= 15 is 0 Å². The lowest BCUT2D eigenvalue weighted by atomic mass is 9.96. The van der Waals surface area contributed by atoms with Crippen LogP contribution in [0.5, 0.6) is 0 Å². The zero-order valence-corrected chi connectivity index (χ0v) is 30.6. The number of carbonyl (C=O) groups is 4. The van der Waals surface area contributed by atoms with Crippen LogP contribution in [0.25, 0.3) is 0 Å². The van der Waals surface area contributed by atoms with E-state index in [-0.39, 0.29) is 25.3 Å². The molecule has 6 atom stereocenters. The second kappa shape index (κ2) is 20.2. The van der Waals surface area contributed by atoms with Crippen LogP contribution in [0.3, 0.4) is 0 Å². The van der Waals surface area contributed by atoms with Gasteiger partial charge in [-0.05, 0) is 56.2 Å². The highest BCUT2D eigenvalue weighted by Crippen LogP contribution is 2.14. The molecule has 3 rings (SSSR count). The summed E-state index contributed by atoms with van der Waals surface area (Å²) in [6.45, 7) is 8.99. The second-order valence-corrected chi connectivity index (χ2v) is 13.8. The molecule has 0 aromatic heterocycles. The van der Waals surface area contributed by atoms with Gasteiger partial charge in [-0.1, -0.05) is 111 Å². The molecule has 3 aromatic carbocycles. The summed E-state index contributed by atoms with van der Waals surface area (Å²) in [5.74, 6) is -1.83. The molecule has 0 spiro atoms. The summed E-state index contributed by atoms with van der Waals surface area (Å²) in [6, 6.07) is 24.6. The summed E-state index contributed by atoms with van der Waals surface area (Å²) >= 11 is 0. The van der Waals surface area contributed by atoms with Crippen molar-refractivity contribution in [2.75, 3.05) is 13.7 Å². The molecule has 5 N–H and O–H groups in total. The van der Waals surface area contributed by atoms with Crippen LogP contribution >= 0.6 is 0 Å². The number of benzene rings is 3. The number of carbonyl (C=O) groups excluding carboxylic acids is 4. The summed E-state index contributed by atoms with van der Waals surface area (Å²) in [7, 11) is 1.27. The minimum atomic E-state index is -1.11. The minimum absolute atomic E-state index is 0.0557. The monoisotopic (exact) mass is 702 g/mol. The van der Waals surface area contributed by atoms with Crippen molar-refractivity contribution < 1.29 is 33.8 Å². The number of hydrogen-bond acceptors (Lipinski definition) is 8. The van der Waals surface area contributed by atoms with Crippen molar-refractivity contribution in [2.24, 2.45) is 5.92 Å². The van der Waals surface area contributed by atoms with Crippen LogP contribution < -0.4 is 21.3 Å². The van der Waals surface area contributed by atoms with E-state index in [0.29, 0.717) is 12.8 Å². The number of amides is 3. The molecule has 51 heavy (non-hydrogen) atoms. The Balaban J connectivity index is 1.81. The van der Waals surface area contributed by atoms with Gasteiger partial charge in [-0.3, -0.25) is 9.59 Å². The number of alkyl carbamates (subject to hydrolysis) is 1. The Morgan fingerprint density at radius 3 is 1.67 bits per heavy atom. The van der Waals surface area contributed by atoms with Gasteiger partial charge in [-0.2, -0.15) is 0 Å². The van der Waals surface area contributed by atoms with E-state index < -0.39 is 59.7 Å². The van der Waals surface area contributed by atoms with E-state index in [1.165, 1.54) is 7.11 Å². The summed E-state index contributed by atoms with van der Waals surface area (Å²) in [6.07, 6.45) is -0.405. The van der Waals surface area contributed by atoms with Gasteiger partial charge in [-0.25, -0.2) is 9.59 Å². The summed E-state index contributed by atoms with van der Waals surface area (Å²) < 4.78 is 10.5. The normalized spacial score (nSPS) is 14.9. The number of ether oxygens (including phenoxy) is 2. The predicted molar refractivity (Wildman–Crippen MR) is 197 cm³/mol. The summed E-state index contributed by atoms with van der Waals surface area (Å²) in [5.41, 5.74) is 1.87. The lowest BCUT2D eigenvalue weighted by Crippen LogP contribution is -2.59. The van der Waals surface area contributed by atoms with E-state index in [4.69, 9.17) is 9.47 Å². The molecular formula is C40H54N4O7. The standard InChI is InChI=1S/C40H54N4O7/c1-7-27(2)35(37(47)42-33(38(48)50-6)25-30-21-15-10-16-22-30)44-36(46)32(24-29-19-13-9-14-20-29)41-26-34(45)31(23-28-17-11-8-12-18-28)43-39(49)51-40(3,4)5/h8-22,27,31-35,41,45H,7,23-26H2,1-6H3,(H,42,47)(H,43,49)(H,44,46)/t27-,31?,32+,33+,34?,35+/m1/s1. The fourth-order valence-electron chi connectivity index (χ4n) is 5.53. The van der Waals surface area contributed by atoms with Crippen LogP contribution in [0, 0.1) is 5.92 Å². The number of esters is 1. The van der Waals surface area contributed by atoms with Gasteiger partial charge >= 0.3 is 12.1 Å². The molecule has 11 nitrogen and oxygen atoms in total. The average molecular weight is 703 g/mol. The zero-order valence-electron chi connectivity index (χ0n) is 30.6. The van der Waals surface area contributed by atoms with Crippen molar-refractivity contribution in [3.05, 3.63) is 108 Å². The van der Waals surface area contributed by atoms with Crippen molar-refractivity contribution >= 4 is 23.9 Å². The number of aliphatic hydroxyl groups excluding tert-OH is 1. The van der Waals surface area contributed by atoms with E-state index in [1.807, 2.05) is 105 Å². The topological polar surface area (TPSA) is 155 Å². The minimum Gasteiger partial charge on any atom is -0.467 e. The molecule has 0 saturated heterocycles. The molecule has 0 fully saturated rings. The molecule has 0 radical (unpaired) electrons. The Bertz CT molecular complexity index is 1520.